The summed E-state index contributed by atoms with van der Waals surface area (Å²) in [5.74, 6) is 0.00937. The van der Waals surface area contributed by atoms with Crippen molar-refractivity contribution in [1.29, 1.82) is 0 Å². The number of hydrogen-bond donors (Lipinski definition) is 1. The van der Waals surface area contributed by atoms with Crippen molar-refractivity contribution in [2.75, 3.05) is 13.1 Å². The molecule has 1 saturated heterocycles. The van der Waals surface area contributed by atoms with Crippen molar-refractivity contribution >= 4 is 5.91 Å². The van der Waals surface area contributed by atoms with Gasteiger partial charge in [-0.05, 0) is 24.0 Å². The Morgan fingerprint density at radius 3 is 2.91 bits per heavy atom. The molecule has 6 nitrogen and oxygen atoms in total. The molecule has 1 fully saturated rings. The first-order valence-corrected chi connectivity index (χ1v) is 7.47. The number of piperidine rings is 1. The number of likely N-dealkylation sites (tertiary alicyclic amines) is 1. The van der Waals surface area contributed by atoms with E-state index in [0.717, 1.165) is 12.1 Å². The molecule has 0 aromatic carbocycles. The van der Waals surface area contributed by atoms with E-state index in [-0.39, 0.29) is 17.4 Å². The van der Waals surface area contributed by atoms with Crippen LogP contribution in [0.5, 0.6) is 0 Å². The molecule has 0 saturated carbocycles. The summed E-state index contributed by atoms with van der Waals surface area (Å²) >= 11 is 0. The second kappa shape index (κ2) is 5.53. The Morgan fingerprint density at radius 2 is 2.23 bits per heavy atom. The third-order valence-corrected chi connectivity index (χ3v) is 4.34. The zero-order valence-corrected chi connectivity index (χ0v) is 12.9. The second-order valence-corrected chi connectivity index (χ2v) is 6.50. The van der Waals surface area contributed by atoms with Crippen molar-refractivity contribution in [3.05, 3.63) is 42.5 Å². The third-order valence-electron chi connectivity index (χ3n) is 4.34. The van der Waals surface area contributed by atoms with Gasteiger partial charge >= 0.3 is 0 Å². The molecule has 2 aromatic heterocycles. The van der Waals surface area contributed by atoms with Crippen LogP contribution in [0.4, 0.5) is 0 Å². The van der Waals surface area contributed by atoms with Crippen molar-refractivity contribution < 1.29 is 4.79 Å². The molecule has 0 bridgehead atoms. The van der Waals surface area contributed by atoms with Gasteiger partial charge in [-0.3, -0.25) is 9.78 Å². The molecule has 22 heavy (non-hydrogen) atoms. The van der Waals surface area contributed by atoms with E-state index in [9.17, 15) is 4.79 Å². The minimum atomic E-state index is -0.0622. The Bertz CT molecular complexity index is 664. The number of carbonyl (C=O) groups excluding carboxylic acids is 1. The number of amides is 1. The van der Waals surface area contributed by atoms with Gasteiger partial charge in [0.05, 0.1) is 23.6 Å². The lowest BCUT2D eigenvalue weighted by Crippen LogP contribution is -2.53. The smallest absolute Gasteiger partial charge is 0.257 e. The van der Waals surface area contributed by atoms with E-state index in [4.69, 9.17) is 5.73 Å². The van der Waals surface area contributed by atoms with Crippen molar-refractivity contribution in [3.63, 3.8) is 0 Å². The number of pyridine rings is 1. The maximum Gasteiger partial charge on any atom is 0.257 e. The van der Waals surface area contributed by atoms with Gasteiger partial charge in [0.15, 0.2) is 0 Å². The zero-order valence-electron chi connectivity index (χ0n) is 12.9. The summed E-state index contributed by atoms with van der Waals surface area (Å²) in [5, 5.41) is 4.26. The highest BCUT2D eigenvalue weighted by Crippen LogP contribution is 2.28. The van der Waals surface area contributed by atoms with Crippen LogP contribution in [-0.4, -0.2) is 44.7 Å². The van der Waals surface area contributed by atoms with Gasteiger partial charge in [0.1, 0.15) is 0 Å². The molecule has 1 aliphatic heterocycles. The summed E-state index contributed by atoms with van der Waals surface area (Å²) in [4.78, 5) is 18.6. The highest BCUT2D eigenvalue weighted by atomic mass is 16.2. The lowest BCUT2D eigenvalue weighted by Gasteiger charge is -2.42. The molecule has 2 aromatic rings. The third kappa shape index (κ3) is 2.74. The number of rotatable bonds is 2. The largest absolute Gasteiger partial charge is 0.338 e. The molecule has 1 atom stereocenters. The van der Waals surface area contributed by atoms with Crippen LogP contribution in [-0.2, 0) is 0 Å². The number of carbonyl (C=O) groups is 1. The van der Waals surface area contributed by atoms with Crippen LogP contribution in [0.15, 0.2) is 36.9 Å². The van der Waals surface area contributed by atoms with Gasteiger partial charge in [-0.25, -0.2) is 4.68 Å². The highest BCUT2D eigenvalue weighted by Gasteiger charge is 2.35. The number of nitrogens with two attached hydrogens (primary N) is 1. The highest BCUT2D eigenvalue weighted by molar-refractivity contribution is 5.94. The van der Waals surface area contributed by atoms with Crippen LogP contribution in [0.25, 0.3) is 5.69 Å². The van der Waals surface area contributed by atoms with Gasteiger partial charge in [-0.15, -0.1) is 0 Å². The lowest BCUT2D eigenvalue weighted by atomic mass is 9.79. The van der Waals surface area contributed by atoms with Gasteiger partial charge in [0, 0.05) is 31.5 Å². The number of aromatic nitrogens is 3. The normalized spacial score (nSPS) is 20.9. The van der Waals surface area contributed by atoms with Crippen LogP contribution in [0.2, 0.25) is 0 Å². The van der Waals surface area contributed by atoms with Gasteiger partial charge < -0.3 is 10.6 Å². The Labute approximate surface area is 129 Å². The minimum Gasteiger partial charge on any atom is -0.338 e. The van der Waals surface area contributed by atoms with Crippen LogP contribution < -0.4 is 5.73 Å². The molecule has 0 aliphatic carbocycles. The number of nitrogens with zero attached hydrogens (tertiary/aromatic N) is 4. The van der Waals surface area contributed by atoms with E-state index >= 15 is 0 Å². The first-order chi connectivity index (χ1) is 10.5. The van der Waals surface area contributed by atoms with Crippen LogP contribution in [0.1, 0.15) is 30.6 Å². The van der Waals surface area contributed by atoms with E-state index in [1.807, 2.05) is 17.0 Å². The Balaban J connectivity index is 1.78. The quantitative estimate of drug-likeness (QED) is 0.911. The molecule has 116 valence electrons. The first kappa shape index (κ1) is 14.7. The van der Waals surface area contributed by atoms with Crippen molar-refractivity contribution in [2.45, 2.75) is 26.3 Å². The fourth-order valence-electron chi connectivity index (χ4n) is 2.79. The summed E-state index contributed by atoms with van der Waals surface area (Å²) in [6, 6.07) is 3.87. The minimum absolute atomic E-state index is 0.00937. The van der Waals surface area contributed by atoms with Gasteiger partial charge in [-0.2, -0.15) is 5.10 Å². The van der Waals surface area contributed by atoms with Crippen molar-refractivity contribution in [3.8, 4) is 5.69 Å². The average Bonchev–Trinajstić information content (AvgIpc) is 3.00. The van der Waals surface area contributed by atoms with Crippen molar-refractivity contribution in [2.24, 2.45) is 11.1 Å². The molecule has 1 amide bonds. The molecule has 1 aliphatic rings. The molecule has 1 unspecified atom stereocenters. The summed E-state index contributed by atoms with van der Waals surface area (Å²) in [6.45, 7) is 5.58. The fraction of sp³-hybridized carbons (Fsp3) is 0.438. The molecule has 0 radical (unpaired) electrons. The Morgan fingerprint density at radius 1 is 1.41 bits per heavy atom. The van der Waals surface area contributed by atoms with Crippen LogP contribution in [0, 0.1) is 5.41 Å². The predicted octanol–water partition coefficient (Wildman–Crippen LogP) is 1.47. The molecule has 3 heterocycles. The van der Waals surface area contributed by atoms with Gasteiger partial charge in [0.25, 0.3) is 5.91 Å². The summed E-state index contributed by atoms with van der Waals surface area (Å²) in [6.07, 6.45) is 7.61. The molecular weight excluding hydrogens is 278 g/mol. The maximum absolute atomic E-state index is 12.7. The van der Waals surface area contributed by atoms with E-state index in [2.05, 4.69) is 23.9 Å². The molecule has 3 rings (SSSR count). The molecule has 2 N–H and O–H groups in total. The lowest BCUT2D eigenvalue weighted by molar-refractivity contribution is 0.0533. The summed E-state index contributed by atoms with van der Waals surface area (Å²) < 4.78 is 1.67. The van der Waals surface area contributed by atoms with E-state index in [1.54, 1.807) is 29.5 Å². The zero-order chi connectivity index (χ0) is 15.7. The van der Waals surface area contributed by atoms with Crippen LogP contribution in [0.3, 0.4) is 0 Å². The summed E-state index contributed by atoms with van der Waals surface area (Å²) in [7, 11) is 0. The predicted molar refractivity (Wildman–Crippen MR) is 83.6 cm³/mol. The fourth-order valence-corrected chi connectivity index (χ4v) is 2.79. The van der Waals surface area contributed by atoms with E-state index < -0.39 is 0 Å². The summed E-state index contributed by atoms with van der Waals surface area (Å²) in [5.41, 5.74) is 7.50. The van der Waals surface area contributed by atoms with Crippen LogP contribution >= 0.6 is 0 Å². The number of hydrogen-bond acceptors (Lipinski definition) is 4. The molecule has 0 spiro atoms. The standard InChI is InChI=1S/C16H21N5O/c1-16(2)11-20(7-5-14(16)17)15(22)12-8-19-21(10-12)13-4-3-6-18-9-13/h3-4,6,8-10,14H,5,7,11,17H2,1-2H3. The first-order valence-electron chi connectivity index (χ1n) is 7.47. The second-order valence-electron chi connectivity index (χ2n) is 6.50. The van der Waals surface area contributed by atoms with Crippen molar-refractivity contribution in [1.82, 2.24) is 19.7 Å². The Kier molecular flexibility index (Phi) is 3.70. The van der Waals surface area contributed by atoms with E-state index in [0.29, 0.717) is 18.7 Å². The van der Waals surface area contributed by atoms with Gasteiger partial charge in [-0.1, -0.05) is 13.8 Å². The van der Waals surface area contributed by atoms with E-state index in [1.165, 1.54) is 0 Å². The van der Waals surface area contributed by atoms with Gasteiger partial charge in [0.2, 0.25) is 0 Å². The topological polar surface area (TPSA) is 77.0 Å². The molecule has 6 heteroatoms. The SMILES string of the molecule is CC1(C)CN(C(=O)c2cnn(-c3cccnc3)c2)CCC1N. The average molecular weight is 299 g/mol. The monoisotopic (exact) mass is 299 g/mol. The Hall–Kier alpha value is -2.21. The molecular formula is C16H21N5O. The maximum atomic E-state index is 12.7.